The summed E-state index contributed by atoms with van der Waals surface area (Å²) >= 11 is 0. The monoisotopic (exact) mass is 288 g/mol. The van der Waals surface area contributed by atoms with Crippen LogP contribution < -0.4 is 0 Å². The number of amides is 2. The molecule has 2 aliphatic carbocycles. The molecule has 1 heterocycles. The normalized spacial score (nSPS) is 36.0. The van der Waals surface area contributed by atoms with Crippen LogP contribution >= 0.6 is 0 Å². The highest BCUT2D eigenvalue weighted by molar-refractivity contribution is 6.00. The molecule has 0 N–H and O–H groups in total. The minimum atomic E-state index is -0.860. The van der Waals surface area contributed by atoms with Crippen LogP contribution in [0.5, 0.6) is 0 Å². The highest BCUT2D eigenvalue weighted by Gasteiger charge is 2.52. The van der Waals surface area contributed by atoms with E-state index in [-0.39, 0.29) is 17.2 Å². The van der Waals surface area contributed by atoms with E-state index in [0.717, 1.165) is 38.5 Å². The zero-order valence-corrected chi connectivity index (χ0v) is 12.9. The minimum absolute atomic E-state index is 0.0801. The van der Waals surface area contributed by atoms with E-state index in [0.29, 0.717) is 31.6 Å². The van der Waals surface area contributed by atoms with Crippen LogP contribution in [0.15, 0.2) is 0 Å². The second-order valence-electron chi connectivity index (χ2n) is 7.51. The first-order valence-corrected chi connectivity index (χ1v) is 8.27. The maximum atomic E-state index is 12.7. The van der Waals surface area contributed by atoms with Gasteiger partial charge in [-0.3, -0.25) is 14.5 Å². The smallest absolute Gasteiger partial charge is 0.231 e. The number of carbonyl (C=O) groups is 2. The van der Waals surface area contributed by atoms with E-state index in [4.69, 9.17) is 0 Å². The summed E-state index contributed by atoms with van der Waals surface area (Å²) in [6.45, 7) is 2.18. The van der Waals surface area contributed by atoms with Crippen LogP contribution in [0.1, 0.15) is 71.1 Å². The van der Waals surface area contributed by atoms with Gasteiger partial charge in [0.15, 0.2) is 0 Å². The molecule has 4 nitrogen and oxygen atoms in total. The third kappa shape index (κ3) is 2.37. The van der Waals surface area contributed by atoms with Gasteiger partial charge in [-0.2, -0.15) is 5.26 Å². The molecular weight excluding hydrogens is 264 g/mol. The number of imide groups is 1. The van der Waals surface area contributed by atoms with E-state index in [1.807, 2.05) is 0 Å². The Morgan fingerprint density at radius 2 is 1.57 bits per heavy atom. The Bertz CT molecular complexity index is 471. The van der Waals surface area contributed by atoms with Crippen LogP contribution in [0.25, 0.3) is 0 Å². The van der Waals surface area contributed by atoms with Gasteiger partial charge in [-0.15, -0.1) is 0 Å². The zero-order valence-electron chi connectivity index (χ0n) is 12.9. The van der Waals surface area contributed by atoms with E-state index < -0.39 is 5.54 Å². The average Bonchev–Trinajstić information content (AvgIpc) is 2.88. The summed E-state index contributed by atoms with van der Waals surface area (Å²) < 4.78 is 0. The fraction of sp³-hybridized carbons (Fsp3) is 0.824. The van der Waals surface area contributed by atoms with Crippen molar-refractivity contribution >= 4 is 11.8 Å². The van der Waals surface area contributed by atoms with Gasteiger partial charge in [0.2, 0.25) is 11.8 Å². The van der Waals surface area contributed by atoms with Crippen molar-refractivity contribution in [1.82, 2.24) is 4.90 Å². The van der Waals surface area contributed by atoms with Crippen molar-refractivity contribution in [1.29, 1.82) is 5.26 Å². The van der Waals surface area contributed by atoms with E-state index >= 15 is 0 Å². The molecule has 114 valence electrons. The lowest BCUT2D eigenvalue weighted by atomic mass is 9.72. The van der Waals surface area contributed by atoms with Gasteiger partial charge in [-0.05, 0) is 49.9 Å². The van der Waals surface area contributed by atoms with Crippen LogP contribution in [0, 0.1) is 22.7 Å². The number of nitriles is 1. The number of carbonyl (C=O) groups excluding carboxylic acids is 2. The van der Waals surface area contributed by atoms with E-state index in [9.17, 15) is 14.9 Å². The van der Waals surface area contributed by atoms with Crippen molar-refractivity contribution in [3.63, 3.8) is 0 Å². The number of likely N-dealkylation sites (tertiary alicyclic amines) is 1. The first kappa shape index (κ1) is 14.6. The lowest BCUT2D eigenvalue weighted by Crippen LogP contribution is -2.59. The number of hydrogen-bond donors (Lipinski definition) is 0. The molecule has 0 aromatic rings. The molecule has 0 unspecified atom stereocenters. The number of hydrogen-bond acceptors (Lipinski definition) is 3. The van der Waals surface area contributed by atoms with Gasteiger partial charge in [0.05, 0.1) is 6.07 Å². The van der Waals surface area contributed by atoms with E-state index in [1.165, 1.54) is 4.90 Å². The van der Waals surface area contributed by atoms with Crippen LogP contribution in [0.2, 0.25) is 0 Å². The lowest BCUT2D eigenvalue weighted by Gasteiger charge is -2.46. The van der Waals surface area contributed by atoms with Crippen LogP contribution in [0.4, 0.5) is 0 Å². The molecule has 3 aliphatic rings. The molecule has 21 heavy (non-hydrogen) atoms. The highest BCUT2D eigenvalue weighted by atomic mass is 16.2. The summed E-state index contributed by atoms with van der Waals surface area (Å²) in [5.74, 6) is 0.399. The summed E-state index contributed by atoms with van der Waals surface area (Å²) in [5.41, 5.74) is -0.940. The summed E-state index contributed by atoms with van der Waals surface area (Å²) in [5, 5.41) is 9.68. The summed E-state index contributed by atoms with van der Waals surface area (Å²) in [6.07, 6.45) is 8.33. The Balaban J connectivity index is 1.83. The molecule has 0 bridgehead atoms. The highest BCUT2D eigenvalue weighted by Crippen LogP contribution is 2.49. The molecule has 1 spiro atoms. The molecule has 3 rings (SSSR count). The SMILES string of the molecule is CC1CCC(C#N)(N2C(=O)CC3(CCCC3)CC2=O)CC1. The van der Waals surface area contributed by atoms with Crippen molar-refractivity contribution in [2.75, 3.05) is 0 Å². The van der Waals surface area contributed by atoms with Gasteiger partial charge < -0.3 is 0 Å². The van der Waals surface area contributed by atoms with Crippen LogP contribution in [-0.4, -0.2) is 22.3 Å². The Morgan fingerprint density at radius 3 is 2.05 bits per heavy atom. The van der Waals surface area contributed by atoms with Gasteiger partial charge in [0, 0.05) is 12.8 Å². The molecule has 4 heteroatoms. The quantitative estimate of drug-likeness (QED) is 0.696. The van der Waals surface area contributed by atoms with Gasteiger partial charge in [0.1, 0.15) is 5.54 Å². The minimum Gasteiger partial charge on any atom is -0.274 e. The van der Waals surface area contributed by atoms with Gasteiger partial charge in [0.25, 0.3) is 0 Å². The Morgan fingerprint density at radius 1 is 1.05 bits per heavy atom. The Kier molecular flexibility index (Phi) is 3.55. The molecule has 2 amide bonds. The first-order chi connectivity index (χ1) is 10.0. The molecule has 1 aliphatic heterocycles. The molecule has 2 saturated carbocycles. The predicted molar refractivity (Wildman–Crippen MR) is 78.0 cm³/mol. The number of nitrogens with zero attached hydrogens (tertiary/aromatic N) is 2. The molecule has 0 aromatic carbocycles. The van der Waals surface area contributed by atoms with Gasteiger partial charge >= 0.3 is 0 Å². The first-order valence-electron chi connectivity index (χ1n) is 8.27. The fourth-order valence-corrected chi connectivity index (χ4v) is 4.58. The largest absolute Gasteiger partial charge is 0.274 e. The fourth-order valence-electron chi connectivity index (χ4n) is 4.58. The van der Waals surface area contributed by atoms with Crippen molar-refractivity contribution in [3.8, 4) is 6.07 Å². The summed E-state index contributed by atoms with van der Waals surface area (Å²) in [7, 11) is 0. The van der Waals surface area contributed by atoms with E-state index in [1.54, 1.807) is 0 Å². The third-order valence-electron chi connectivity index (χ3n) is 5.95. The van der Waals surface area contributed by atoms with Crippen molar-refractivity contribution in [2.45, 2.75) is 76.7 Å². The molecule has 0 radical (unpaired) electrons. The van der Waals surface area contributed by atoms with Crippen molar-refractivity contribution < 1.29 is 9.59 Å². The van der Waals surface area contributed by atoms with Crippen molar-refractivity contribution in [3.05, 3.63) is 0 Å². The topological polar surface area (TPSA) is 61.2 Å². The molecule has 0 aromatic heterocycles. The predicted octanol–water partition coefficient (Wildman–Crippen LogP) is 3.17. The van der Waals surface area contributed by atoms with Crippen LogP contribution in [0.3, 0.4) is 0 Å². The lowest BCUT2D eigenvalue weighted by molar-refractivity contribution is -0.160. The van der Waals surface area contributed by atoms with Gasteiger partial charge in [-0.1, -0.05) is 19.8 Å². The molecule has 3 fully saturated rings. The van der Waals surface area contributed by atoms with E-state index in [2.05, 4.69) is 13.0 Å². The molecular formula is C17H24N2O2. The second-order valence-corrected chi connectivity index (χ2v) is 7.51. The zero-order chi connectivity index (χ0) is 15.1. The summed E-state index contributed by atoms with van der Waals surface area (Å²) in [4.78, 5) is 26.7. The van der Waals surface area contributed by atoms with Crippen LogP contribution in [-0.2, 0) is 9.59 Å². The maximum Gasteiger partial charge on any atom is 0.231 e. The number of piperidine rings is 1. The van der Waals surface area contributed by atoms with Gasteiger partial charge in [-0.25, -0.2) is 0 Å². The maximum absolute atomic E-state index is 12.7. The Labute approximate surface area is 126 Å². The van der Waals surface area contributed by atoms with Crippen molar-refractivity contribution in [2.24, 2.45) is 11.3 Å². The molecule has 0 atom stereocenters. The Hall–Kier alpha value is -1.37. The second kappa shape index (κ2) is 5.12. The molecule has 1 saturated heterocycles. The average molecular weight is 288 g/mol. The number of rotatable bonds is 1. The third-order valence-corrected chi connectivity index (χ3v) is 5.95. The summed E-state index contributed by atoms with van der Waals surface area (Å²) in [6, 6.07) is 2.33. The standard InChI is InChI=1S/C17H24N2O2/c1-13-4-8-17(12-18,9-5-13)19-14(20)10-16(11-15(19)21)6-2-3-7-16/h13H,2-11H2,1H3.